The third-order valence-electron chi connectivity index (χ3n) is 3.52. The number of aromatic nitrogens is 2. The molecule has 2 rings (SSSR count). The lowest BCUT2D eigenvalue weighted by atomic mass is 10.0. The molecule has 0 fully saturated rings. The Morgan fingerprint density at radius 2 is 1.90 bits per heavy atom. The number of carbonyl (C=O) groups is 1. The van der Waals surface area contributed by atoms with Gasteiger partial charge in [-0.3, -0.25) is 4.57 Å². The minimum Gasteiger partial charge on any atom is -0.477 e. The van der Waals surface area contributed by atoms with E-state index in [1.165, 1.54) is 6.20 Å². The molecule has 0 atom stereocenters. The summed E-state index contributed by atoms with van der Waals surface area (Å²) in [5.74, 6) is 0.535. The Balaban J connectivity index is 2.76. The minimum atomic E-state index is -0.942. The van der Waals surface area contributed by atoms with Gasteiger partial charge in [0.15, 0.2) is 5.69 Å². The minimum absolute atomic E-state index is 0.231. The number of rotatable bonds is 6. The predicted octanol–water partition coefficient (Wildman–Crippen LogP) is 3.56. The maximum Gasteiger partial charge on any atom is 0.354 e. The van der Waals surface area contributed by atoms with Crippen LogP contribution in [0.15, 0.2) is 24.4 Å². The number of aromatic carboxylic acids is 1. The van der Waals surface area contributed by atoms with Crippen LogP contribution in [0.2, 0.25) is 0 Å². The lowest BCUT2D eigenvalue weighted by Crippen LogP contribution is -2.13. The van der Waals surface area contributed by atoms with E-state index in [0.29, 0.717) is 5.75 Å². The highest BCUT2D eigenvalue weighted by molar-refractivity contribution is 7.97. The average molecular weight is 304 g/mol. The summed E-state index contributed by atoms with van der Waals surface area (Å²) in [6.07, 6.45) is 5.17. The molecule has 2 aromatic rings. The van der Waals surface area contributed by atoms with Crippen molar-refractivity contribution in [2.75, 3.05) is 6.26 Å². The average Bonchev–Trinajstić information content (AvgIpc) is 2.90. The summed E-state index contributed by atoms with van der Waals surface area (Å²) in [7, 11) is 0. The standard InChI is InChI=1S/C16H20N2O2S/c1-4-11-7-6-8-12(5-2)15(11)18-13(16(19)20)9-17-14(18)10-21-3/h6-9H,4-5,10H2,1-3H3,(H,19,20). The summed E-state index contributed by atoms with van der Waals surface area (Å²) in [4.78, 5) is 15.9. The van der Waals surface area contributed by atoms with Crippen molar-refractivity contribution in [3.8, 4) is 5.69 Å². The van der Waals surface area contributed by atoms with Crippen LogP contribution in [0.4, 0.5) is 0 Å². The number of aryl methyl sites for hydroxylation is 2. The molecule has 0 bridgehead atoms. The van der Waals surface area contributed by atoms with Crippen LogP contribution < -0.4 is 0 Å². The van der Waals surface area contributed by atoms with E-state index in [1.54, 1.807) is 11.8 Å². The molecule has 0 unspecified atom stereocenters. The van der Waals surface area contributed by atoms with E-state index in [4.69, 9.17) is 0 Å². The van der Waals surface area contributed by atoms with Crippen LogP contribution in [0.1, 0.15) is 41.3 Å². The molecule has 1 N–H and O–H groups in total. The molecular formula is C16H20N2O2S. The number of hydrogen-bond acceptors (Lipinski definition) is 3. The summed E-state index contributed by atoms with van der Waals surface area (Å²) in [6.45, 7) is 4.17. The highest BCUT2D eigenvalue weighted by Crippen LogP contribution is 2.26. The Morgan fingerprint density at radius 1 is 1.29 bits per heavy atom. The molecule has 0 saturated heterocycles. The second-order valence-electron chi connectivity index (χ2n) is 4.77. The topological polar surface area (TPSA) is 55.1 Å². The molecule has 1 heterocycles. The smallest absolute Gasteiger partial charge is 0.354 e. The third-order valence-corrected chi connectivity index (χ3v) is 4.06. The molecule has 1 aromatic carbocycles. The predicted molar refractivity (Wildman–Crippen MR) is 86.5 cm³/mol. The molecule has 1 aromatic heterocycles. The number of para-hydroxylation sites is 1. The van der Waals surface area contributed by atoms with Gasteiger partial charge in [0.05, 0.1) is 17.6 Å². The van der Waals surface area contributed by atoms with Crippen molar-refractivity contribution in [2.24, 2.45) is 0 Å². The Bertz CT molecular complexity index is 627. The summed E-state index contributed by atoms with van der Waals surface area (Å²) in [5, 5.41) is 9.47. The van der Waals surface area contributed by atoms with Crippen molar-refractivity contribution in [3.63, 3.8) is 0 Å². The van der Waals surface area contributed by atoms with E-state index < -0.39 is 5.97 Å². The highest BCUT2D eigenvalue weighted by atomic mass is 32.2. The maximum atomic E-state index is 11.5. The second-order valence-corrected chi connectivity index (χ2v) is 5.63. The molecule has 0 aliphatic rings. The van der Waals surface area contributed by atoms with Gasteiger partial charge in [-0.15, -0.1) is 0 Å². The zero-order valence-corrected chi connectivity index (χ0v) is 13.4. The normalized spacial score (nSPS) is 10.8. The molecule has 0 aliphatic heterocycles. The van der Waals surface area contributed by atoms with Gasteiger partial charge in [0.25, 0.3) is 0 Å². The van der Waals surface area contributed by atoms with Crippen molar-refractivity contribution >= 4 is 17.7 Å². The summed E-state index contributed by atoms with van der Waals surface area (Å²) < 4.78 is 1.82. The Kier molecular flexibility index (Phi) is 5.07. The lowest BCUT2D eigenvalue weighted by molar-refractivity contribution is 0.0688. The van der Waals surface area contributed by atoms with Crippen LogP contribution in [0.25, 0.3) is 5.69 Å². The molecular weight excluding hydrogens is 284 g/mol. The van der Waals surface area contributed by atoms with Gasteiger partial charge in [0, 0.05) is 0 Å². The number of nitrogens with zero attached hydrogens (tertiary/aromatic N) is 2. The molecule has 0 aliphatic carbocycles. The third kappa shape index (κ3) is 2.97. The van der Waals surface area contributed by atoms with Gasteiger partial charge in [0.1, 0.15) is 5.82 Å². The van der Waals surface area contributed by atoms with E-state index in [1.807, 2.05) is 16.9 Å². The zero-order valence-electron chi connectivity index (χ0n) is 12.6. The first-order valence-electron chi connectivity index (χ1n) is 7.03. The van der Waals surface area contributed by atoms with Crippen molar-refractivity contribution in [3.05, 3.63) is 47.0 Å². The fraction of sp³-hybridized carbons (Fsp3) is 0.375. The van der Waals surface area contributed by atoms with Gasteiger partial charge in [-0.05, 0) is 30.2 Å². The molecule has 5 heteroatoms. The molecule has 112 valence electrons. The number of imidazole rings is 1. The van der Waals surface area contributed by atoms with Gasteiger partial charge in [-0.2, -0.15) is 11.8 Å². The van der Waals surface area contributed by atoms with Crippen LogP contribution in [-0.2, 0) is 18.6 Å². The first-order chi connectivity index (χ1) is 10.1. The lowest BCUT2D eigenvalue weighted by Gasteiger charge is -2.17. The first kappa shape index (κ1) is 15.6. The van der Waals surface area contributed by atoms with Crippen LogP contribution in [0.3, 0.4) is 0 Å². The fourth-order valence-corrected chi connectivity index (χ4v) is 2.99. The number of carboxylic acid groups (broad SMARTS) is 1. The van der Waals surface area contributed by atoms with Crippen molar-refractivity contribution in [1.82, 2.24) is 9.55 Å². The fourth-order valence-electron chi connectivity index (χ4n) is 2.52. The van der Waals surface area contributed by atoms with Crippen LogP contribution in [-0.4, -0.2) is 26.9 Å². The zero-order chi connectivity index (χ0) is 15.4. The summed E-state index contributed by atoms with van der Waals surface area (Å²) in [5.41, 5.74) is 3.52. The van der Waals surface area contributed by atoms with Gasteiger partial charge in [-0.1, -0.05) is 32.0 Å². The van der Waals surface area contributed by atoms with Gasteiger partial charge in [-0.25, -0.2) is 9.78 Å². The number of benzene rings is 1. The maximum absolute atomic E-state index is 11.5. The number of thioether (sulfide) groups is 1. The largest absolute Gasteiger partial charge is 0.477 e. The molecule has 21 heavy (non-hydrogen) atoms. The van der Waals surface area contributed by atoms with Gasteiger partial charge >= 0.3 is 5.97 Å². The second kappa shape index (κ2) is 6.80. The van der Waals surface area contributed by atoms with Crippen LogP contribution >= 0.6 is 11.8 Å². The monoisotopic (exact) mass is 304 g/mol. The van der Waals surface area contributed by atoms with Gasteiger partial charge in [0.2, 0.25) is 0 Å². The quantitative estimate of drug-likeness (QED) is 0.886. The van der Waals surface area contributed by atoms with Crippen LogP contribution in [0.5, 0.6) is 0 Å². The van der Waals surface area contributed by atoms with Crippen molar-refractivity contribution < 1.29 is 9.90 Å². The summed E-state index contributed by atoms with van der Waals surface area (Å²) >= 11 is 1.64. The van der Waals surface area contributed by atoms with Crippen molar-refractivity contribution in [2.45, 2.75) is 32.4 Å². The molecule has 0 spiro atoms. The Hall–Kier alpha value is -1.75. The number of hydrogen-bond donors (Lipinski definition) is 1. The van der Waals surface area contributed by atoms with E-state index in [9.17, 15) is 9.90 Å². The van der Waals surface area contributed by atoms with E-state index >= 15 is 0 Å². The SMILES string of the molecule is CCc1cccc(CC)c1-n1c(C(=O)O)cnc1CSC. The molecule has 0 radical (unpaired) electrons. The first-order valence-corrected chi connectivity index (χ1v) is 8.43. The van der Waals surface area contributed by atoms with E-state index in [2.05, 4.69) is 31.0 Å². The van der Waals surface area contributed by atoms with E-state index in [0.717, 1.165) is 35.5 Å². The van der Waals surface area contributed by atoms with E-state index in [-0.39, 0.29) is 5.69 Å². The van der Waals surface area contributed by atoms with Gasteiger partial charge < -0.3 is 5.11 Å². The number of carboxylic acids is 1. The molecule has 0 saturated carbocycles. The Morgan fingerprint density at radius 3 is 2.38 bits per heavy atom. The summed E-state index contributed by atoms with van der Waals surface area (Å²) in [6, 6.07) is 6.15. The van der Waals surface area contributed by atoms with Crippen LogP contribution in [0, 0.1) is 0 Å². The van der Waals surface area contributed by atoms with Crippen molar-refractivity contribution in [1.29, 1.82) is 0 Å². The molecule has 0 amide bonds. The molecule has 4 nitrogen and oxygen atoms in total. The highest BCUT2D eigenvalue weighted by Gasteiger charge is 2.20. The Labute approximate surface area is 129 Å².